The molecule has 1 atom stereocenters. The molecule has 154 valence electrons. The van der Waals surface area contributed by atoms with E-state index in [4.69, 9.17) is 9.47 Å². The predicted octanol–water partition coefficient (Wildman–Crippen LogP) is 5.37. The molecular formula is C24H36NO2P. The minimum atomic E-state index is 0.0609. The highest BCUT2D eigenvalue weighted by molar-refractivity contribution is 7.48. The van der Waals surface area contributed by atoms with Crippen molar-refractivity contribution >= 4 is 13.9 Å². The largest absolute Gasteiger partial charge is 0.467 e. The van der Waals surface area contributed by atoms with Crippen LogP contribution in [0.15, 0.2) is 36.4 Å². The fourth-order valence-corrected chi connectivity index (χ4v) is 5.47. The zero-order chi connectivity index (χ0) is 20.7. The Morgan fingerprint density at radius 1 is 1.04 bits per heavy atom. The van der Waals surface area contributed by atoms with Crippen molar-refractivity contribution in [1.29, 1.82) is 0 Å². The van der Waals surface area contributed by atoms with Gasteiger partial charge in [0.2, 0.25) is 0 Å². The first-order valence-corrected chi connectivity index (χ1v) is 11.1. The first kappa shape index (κ1) is 22.9. The topological polar surface area (TPSA) is 21.7 Å². The van der Waals surface area contributed by atoms with Crippen LogP contribution in [0, 0.1) is 13.8 Å². The van der Waals surface area contributed by atoms with E-state index < -0.39 is 0 Å². The van der Waals surface area contributed by atoms with Crippen LogP contribution in [-0.4, -0.2) is 32.9 Å². The lowest BCUT2D eigenvalue weighted by atomic mass is 9.90. The van der Waals surface area contributed by atoms with E-state index in [0.717, 1.165) is 25.1 Å². The maximum Gasteiger partial charge on any atom is 0.188 e. The second kappa shape index (κ2) is 10.4. The second-order valence-corrected chi connectivity index (χ2v) is 9.56. The van der Waals surface area contributed by atoms with Crippen molar-refractivity contribution < 1.29 is 9.47 Å². The maximum absolute atomic E-state index is 6.05. The molecule has 0 saturated heterocycles. The number of para-hydroxylation sites is 1. The quantitative estimate of drug-likeness (QED) is 0.395. The van der Waals surface area contributed by atoms with Crippen molar-refractivity contribution in [2.75, 3.05) is 28.0 Å². The average molecular weight is 402 g/mol. The molecule has 0 fully saturated rings. The zero-order valence-corrected chi connectivity index (χ0v) is 19.6. The highest BCUT2D eigenvalue weighted by atomic mass is 31.1. The fraction of sp³-hybridized carbons (Fsp3) is 0.500. The number of methoxy groups -OCH3 is 1. The third kappa shape index (κ3) is 5.35. The summed E-state index contributed by atoms with van der Waals surface area (Å²) in [4.78, 5) is 2.25. The van der Waals surface area contributed by atoms with E-state index >= 15 is 0 Å². The predicted molar refractivity (Wildman–Crippen MR) is 122 cm³/mol. The maximum atomic E-state index is 6.05. The van der Waals surface area contributed by atoms with Gasteiger partial charge >= 0.3 is 0 Å². The van der Waals surface area contributed by atoms with Crippen molar-refractivity contribution in [3.05, 3.63) is 58.7 Å². The van der Waals surface area contributed by atoms with Crippen molar-refractivity contribution in [3.8, 4) is 5.75 Å². The van der Waals surface area contributed by atoms with Crippen LogP contribution in [0.2, 0.25) is 0 Å². The van der Waals surface area contributed by atoms with Gasteiger partial charge in [-0.15, -0.1) is 0 Å². The Balaban J connectivity index is 2.53. The van der Waals surface area contributed by atoms with Gasteiger partial charge in [-0.2, -0.15) is 0 Å². The van der Waals surface area contributed by atoms with Crippen molar-refractivity contribution in [2.45, 2.75) is 52.2 Å². The van der Waals surface area contributed by atoms with Gasteiger partial charge in [0, 0.05) is 24.4 Å². The lowest BCUT2D eigenvalue weighted by Crippen LogP contribution is -2.25. The molecule has 2 aromatic carbocycles. The Hall–Kier alpha value is -1.41. The molecule has 0 aromatic heterocycles. The van der Waals surface area contributed by atoms with Gasteiger partial charge in [-0.1, -0.05) is 64.4 Å². The molecule has 1 unspecified atom stereocenters. The smallest absolute Gasteiger partial charge is 0.188 e. The fourth-order valence-electron chi connectivity index (χ4n) is 3.79. The normalized spacial score (nSPS) is 12.3. The monoisotopic (exact) mass is 401 g/mol. The highest BCUT2D eigenvalue weighted by Crippen LogP contribution is 2.51. The number of hydrogen-bond acceptors (Lipinski definition) is 3. The molecule has 0 amide bonds. The number of aryl methyl sites for hydroxylation is 2. The van der Waals surface area contributed by atoms with Crippen LogP contribution in [0.3, 0.4) is 0 Å². The van der Waals surface area contributed by atoms with Crippen LogP contribution in [0.25, 0.3) is 0 Å². The Labute approximate surface area is 173 Å². The molecule has 0 spiro atoms. The molecule has 0 aliphatic heterocycles. The summed E-state index contributed by atoms with van der Waals surface area (Å²) >= 11 is 0. The third-order valence-electron chi connectivity index (χ3n) is 5.38. The van der Waals surface area contributed by atoms with Gasteiger partial charge in [0.1, 0.15) is 5.75 Å². The van der Waals surface area contributed by atoms with Gasteiger partial charge in [0.25, 0.3) is 0 Å². The van der Waals surface area contributed by atoms with Crippen LogP contribution < -0.4 is 10.0 Å². The molecule has 0 radical (unpaired) electrons. The van der Waals surface area contributed by atoms with E-state index in [2.05, 4.69) is 83.1 Å². The lowest BCUT2D eigenvalue weighted by molar-refractivity contribution is 0.0494. The first-order chi connectivity index (χ1) is 13.4. The second-order valence-electron chi connectivity index (χ2n) is 7.82. The average Bonchev–Trinajstić information content (AvgIpc) is 2.66. The van der Waals surface area contributed by atoms with E-state index in [1.165, 1.54) is 27.6 Å². The molecular weight excluding hydrogens is 365 g/mol. The van der Waals surface area contributed by atoms with Gasteiger partial charge in [0.15, 0.2) is 6.79 Å². The minimum absolute atomic E-state index is 0.0609. The van der Waals surface area contributed by atoms with Gasteiger partial charge in [-0.05, 0) is 57.2 Å². The number of benzene rings is 2. The molecule has 0 bridgehead atoms. The zero-order valence-electron chi connectivity index (χ0n) is 18.6. The van der Waals surface area contributed by atoms with E-state index in [-0.39, 0.29) is 11.9 Å². The molecule has 4 heteroatoms. The van der Waals surface area contributed by atoms with Gasteiger partial charge in [0.05, 0.1) is 0 Å². The van der Waals surface area contributed by atoms with Crippen LogP contribution >= 0.6 is 8.58 Å². The van der Waals surface area contributed by atoms with Crippen LogP contribution in [0.4, 0.5) is 0 Å². The summed E-state index contributed by atoms with van der Waals surface area (Å²) in [7, 11) is 6.64. The summed E-state index contributed by atoms with van der Waals surface area (Å²) in [5.74, 6) is 0.988. The molecule has 0 saturated carbocycles. The number of hydrogen-bond donors (Lipinski definition) is 0. The molecule has 0 aliphatic rings. The molecule has 2 rings (SSSR count). The molecule has 2 aromatic rings. The molecule has 0 aliphatic carbocycles. The molecule has 0 N–H and O–H groups in total. The Kier molecular flexibility index (Phi) is 8.49. The van der Waals surface area contributed by atoms with E-state index in [9.17, 15) is 0 Å². The minimum Gasteiger partial charge on any atom is -0.467 e. The number of rotatable bonds is 10. The SMILES string of the molecule is CCC(CC)(Pc1ccc(C)cc1CN(C)C)c1cccc(C)c1OCOC. The van der Waals surface area contributed by atoms with E-state index in [1.54, 1.807) is 7.11 Å². The van der Waals surface area contributed by atoms with Crippen LogP contribution in [-0.2, 0) is 16.4 Å². The van der Waals surface area contributed by atoms with Gasteiger partial charge in [-0.25, -0.2) is 0 Å². The lowest BCUT2D eigenvalue weighted by Gasteiger charge is -2.35. The Morgan fingerprint density at radius 3 is 2.36 bits per heavy atom. The number of nitrogens with zero attached hydrogens (tertiary/aromatic N) is 1. The van der Waals surface area contributed by atoms with Gasteiger partial charge < -0.3 is 14.4 Å². The summed E-state index contributed by atoms with van der Waals surface area (Å²) in [6.45, 7) is 10.2. The summed E-state index contributed by atoms with van der Waals surface area (Å²) in [5.41, 5.74) is 5.23. The van der Waals surface area contributed by atoms with Crippen LogP contribution in [0.1, 0.15) is 48.9 Å². The third-order valence-corrected chi connectivity index (χ3v) is 7.59. The van der Waals surface area contributed by atoms with Crippen molar-refractivity contribution in [3.63, 3.8) is 0 Å². The highest BCUT2D eigenvalue weighted by Gasteiger charge is 2.33. The van der Waals surface area contributed by atoms with E-state index in [0.29, 0.717) is 8.58 Å². The first-order valence-electron chi connectivity index (χ1n) is 10.1. The molecule has 3 nitrogen and oxygen atoms in total. The van der Waals surface area contributed by atoms with Crippen molar-refractivity contribution in [1.82, 2.24) is 4.90 Å². The summed E-state index contributed by atoms with van der Waals surface area (Å²) in [6.07, 6.45) is 2.15. The summed E-state index contributed by atoms with van der Waals surface area (Å²) in [5, 5.41) is 1.52. The summed E-state index contributed by atoms with van der Waals surface area (Å²) in [6, 6.07) is 13.4. The molecule has 0 heterocycles. The standard InChI is InChI=1S/C24H36NO2P/c1-8-24(9-2,21-12-10-11-19(4)23(21)27-17-26-7)28-22-14-13-18(3)15-20(22)16-25(5)6/h10-15,28H,8-9,16-17H2,1-7H3. The summed E-state index contributed by atoms with van der Waals surface area (Å²) < 4.78 is 11.3. The Morgan fingerprint density at radius 2 is 1.75 bits per heavy atom. The van der Waals surface area contributed by atoms with E-state index in [1.807, 2.05) is 0 Å². The number of ether oxygens (including phenoxy) is 2. The van der Waals surface area contributed by atoms with Gasteiger partial charge in [-0.3, -0.25) is 0 Å². The Bertz CT molecular complexity index is 769. The molecule has 28 heavy (non-hydrogen) atoms. The van der Waals surface area contributed by atoms with Crippen molar-refractivity contribution in [2.24, 2.45) is 0 Å². The van der Waals surface area contributed by atoms with Crippen LogP contribution in [0.5, 0.6) is 5.75 Å².